The Morgan fingerprint density at radius 1 is 1.43 bits per heavy atom. The molecule has 1 rings (SSSR count). The normalized spacial score (nSPS) is 30.2. The molecule has 1 saturated carbocycles. The molecule has 8 heteroatoms. The van der Waals surface area contributed by atoms with E-state index in [1.807, 2.05) is 0 Å². The van der Waals surface area contributed by atoms with Crippen molar-refractivity contribution in [3.8, 4) is 0 Å². The van der Waals surface area contributed by atoms with Crippen molar-refractivity contribution in [2.45, 2.75) is 24.4 Å². The number of hydrogen-bond donors (Lipinski definition) is 0. The molecule has 0 heterocycles. The van der Waals surface area contributed by atoms with E-state index in [-0.39, 0.29) is 12.8 Å². The van der Waals surface area contributed by atoms with Crippen LogP contribution in [0.1, 0.15) is 12.8 Å². The van der Waals surface area contributed by atoms with Gasteiger partial charge in [-0.1, -0.05) is 0 Å². The lowest BCUT2D eigenvalue weighted by Crippen LogP contribution is -2.61. The van der Waals surface area contributed by atoms with Crippen LogP contribution in [0.25, 0.3) is 0 Å². The van der Waals surface area contributed by atoms with E-state index in [1.54, 1.807) is 0 Å². The molecule has 0 radical (unpaired) electrons. The molecule has 0 atom stereocenters. The Hall–Kier alpha value is -1.73. The number of nitrogens with zero attached hydrogens (tertiary/aromatic N) is 2. The Kier molecular flexibility index (Phi) is 2.37. The van der Waals surface area contributed by atoms with Gasteiger partial charge in [-0.25, -0.2) is 4.79 Å². The molecule has 0 bridgehead atoms. The van der Waals surface area contributed by atoms with E-state index in [2.05, 4.69) is 4.74 Å². The minimum Gasteiger partial charge on any atom is -0.464 e. The zero-order valence-corrected chi connectivity index (χ0v) is 7.34. The summed E-state index contributed by atoms with van der Waals surface area (Å²) in [4.78, 5) is 30.4. The van der Waals surface area contributed by atoms with Gasteiger partial charge in [-0.2, -0.15) is 0 Å². The van der Waals surface area contributed by atoms with Gasteiger partial charge in [-0.3, -0.25) is 20.2 Å². The predicted molar refractivity (Wildman–Crippen MR) is 41.8 cm³/mol. The average molecular weight is 204 g/mol. The van der Waals surface area contributed by atoms with Crippen molar-refractivity contribution in [3.05, 3.63) is 20.2 Å². The zero-order valence-electron chi connectivity index (χ0n) is 7.34. The number of methoxy groups -OCH3 is 1. The second-order valence-electron chi connectivity index (χ2n) is 3.13. The van der Waals surface area contributed by atoms with Gasteiger partial charge in [0.1, 0.15) is 0 Å². The number of esters is 1. The van der Waals surface area contributed by atoms with E-state index >= 15 is 0 Å². The van der Waals surface area contributed by atoms with Crippen LogP contribution < -0.4 is 0 Å². The fourth-order valence-electron chi connectivity index (χ4n) is 1.45. The van der Waals surface area contributed by atoms with Crippen LogP contribution in [-0.4, -0.2) is 34.5 Å². The SMILES string of the molecule is COC(=O)C1([N+](=O)[O-])CC([N+](=O)[O-])C1. The van der Waals surface area contributed by atoms with Gasteiger partial charge in [-0.15, -0.1) is 0 Å². The van der Waals surface area contributed by atoms with Crippen molar-refractivity contribution in [2.24, 2.45) is 0 Å². The van der Waals surface area contributed by atoms with Crippen molar-refractivity contribution < 1.29 is 19.4 Å². The minimum atomic E-state index is -1.90. The molecule has 78 valence electrons. The lowest BCUT2D eigenvalue weighted by molar-refractivity contribution is -0.627. The summed E-state index contributed by atoms with van der Waals surface area (Å²) in [7, 11) is 1.02. The van der Waals surface area contributed by atoms with Crippen LogP contribution >= 0.6 is 0 Å². The fraction of sp³-hybridized carbons (Fsp3) is 0.833. The number of rotatable bonds is 3. The Morgan fingerprint density at radius 3 is 2.21 bits per heavy atom. The minimum absolute atomic E-state index is 0.389. The molecule has 0 aromatic carbocycles. The van der Waals surface area contributed by atoms with E-state index in [9.17, 15) is 25.0 Å². The number of ether oxygens (including phenoxy) is 1. The molecule has 14 heavy (non-hydrogen) atoms. The molecule has 1 aliphatic rings. The van der Waals surface area contributed by atoms with Gasteiger partial charge in [-0.05, 0) is 0 Å². The Morgan fingerprint density at radius 2 is 1.93 bits per heavy atom. The Balaban J connectivity index is 2.77. The molecule has 0 amide bonds. The molecule has 0 aliphatic heterocycles. The summed E-state index contributed by atoms with van der Waals surface area (Å²) in [5.41, 5.74) is -1.90. The van der Waals surface area contributed by atoms with Crippen LogP contribution in [0.5, 0.6) is 0 Å². The highest BCUT2D eigenvalue weighted by Crippen LogP contribution is 2.37. The van der Waals surface area contributed by atoms with Crippen LogP contribution in [0.2, 0.25) is 0 Å². The third-order valence-electron chi connectivity index (χ3n) is 2.36. The Labute approximate surface area is 78.1 Å². The first-order valence-corrected chi connectivity index (χ1v) is 3.80. The molecule has 0 N–H and O–H groups in total. The van der Waals surface area contributed by atoms with Crippen molar-refractivity contribution in [1.82, 2.24) is 0 Å². The maximum absolute atomic E-state index is 11.0. The quantitative estimate of drug-likeness (QED) is 0.351. The highest BCUT2D eigenvalue weighted by molar-refractivity contribution is 5.80. The summed E-state index contributed by atoms with van der Waals surface area (Å²) in [6.07, 6.45) is -0.778. The van der Waals surface area contributed by atoms with Gasteiger partial charge >= 0.3 is 11.5 Å². The van der Waals surface area contributed by atoms with E-state index in [0.29, 0.717) is 0 Å². The highest BCUT2D eigenvalue weighted by atomic mass is 16.6. The topological polar surface area (TPSA) is 113 Å². The maximum Gasteiger partial charge on any atom is 0.385 e. The first kappa shape index (κ1) is 10.4. The first-order chi connectivity index (χ1) is 6.44. The van der Waals surface area contributed by atoms with Gasteiger partial charge in [0.05, 0.1) is 20.0 Å². The van der Waals surface area contributed by atoms with E-state index in [1.165, 1.54) is 0 Å². The lowest BCUT2D eigenvalue weighted by Gasteiger charge is -2.31. The molecule has 0 aromatic rings. The number of hydrogen-bond acceptors (Lipinski definition) is 6. The predicted octanol–water partition coefficient (Wildman–Crippen LogP) is -0.386. The molecule has 1 aliphatic carbocycles. The summed E-state index contributed by atoms with van der Waals surface area (Å²) < 4.78 is 4.24. The molecule has 0 unspecified atom stereocenters. The third kappa shape index (κ3) is 1.28. The fourth-order valence-corrected chi connectivity index (χ4v) is 1.45. The van der Waals surface area contributed by atoms with Crippen LogP contribution in [0.3, 0.4) is 0 Å². The van der Waals surface area contributed by atoms with Crippen LogP contribution in [-0.2, 0) is 9.53 Å². The van der Waals surface area contributed by atoms with E-state index in [4.69, 9.17) is 0 Å². The molecular weight excluding hydrogens is 196 g/mol. The van der Waals surface area contributed by atoms with Crippen molar-refractivity contribution in [1.29, 1.82) is 0 Å². The van der Waals surface area contributed by atoms with Crippen molar-refractivity contribution >= 4 is 5.97 Å². The number of carbonyl (C=O) groups is 1. The van der Waals surface area contributed by atoms with E-state index in [0.717, 1.165) is 7.11 Å². The van der Waals surface area contributed by atoms with Crippen molar-refractivity contribution in [2.75, 3.05) is 7.11 Å². The van der Waals surface area contributed by atoms with Gasteiger partial charge in [0, 0.05) is 9.85 Å². The summed E-state index contributed by atoms with van der Waals surface area (Å²) in [5.74, 6) is -1.01. The lowest BCUT2D eigenvalue weighted by atomic mass is 9.73. The summed E-state index contributed by atoms with van der Waals surface area (Å²) in [6, 6.07) is -1.01. The van der Waals surface area contributed by atoms with Gasteiger partial charge in [0.2, 0.25) is 6.04 Å². The van der Waals surface area contributed by atoms with Crippen LogP contribution in [0.4, 0.5) is 0 Å². The summed E-state index contributed by atoms with van der Waals surface area (Å²) in [6.45, 7) is 0. The summed E-state index contributed by atoms with van der Waals surface area (Å²) in [5, 5.41) is 20.8. The average Bonchev–Trinajstić information content (AvgIpc) is 2.00. The third-order valence-corrected chi connectivity index (χ3v) is 2.36. The molecule has 1 fully saturated rings. The maximum atomic E-state index is 11.0. The molecular formula is C6H8N2O6. The second-order valence-corrected chi connectivity index (χ2v) is 3.13. The number of carbonyl (C=O) groups excluding carboxylic acids is 1. The van der Waals surface area contributed by atoms with Crippen LogP contribution in [0.15, 0.2) is 0 Å². The molecule has 0 aromatic heterocycles. The zero-order chi connectivity index (χ0) is 10.9. The van der Waals surface area contributed by atoms with Gasteiger partial charge in [0.15, 0.2) is 0 Å². The standard InChI is InChI=1S/C6H8N2O6/c1-14-5(9)6(8(12)13)2-4(3-6)7(10)11/h4H,2-3H2,1H3. The monoisotopic (exact) mass is 204 g/mol. The Bertz CT molecular complexity index is 295. The van der Waals surface area contributed by atoms with E-state index < -0.39 is 27.4 Å². The highest BCUT2D eigenvalue weighted by Gasteiger charge is 2.67. The largest absolute Gasteiger partial charge is 0.464 e. The van der Waals surface area contributed by atoms with Crippen molar-refractivity contribution in [3.63, 3.8) is 0 Å². The first-order valence-electron chi connectivity index (χ1n) is 3.80. The summed E-state index contributed by atoms with van der Waals surface area (Å²) >= 11 is 0. The number of nitro groups is 2. The molecule has 0 spiro atoms. The second kappa shape index (κ2) is 3.20. The molecule has 8 nitrogen and oxygen atoms in total. The molecule has 0 saturated heterocycles. The van der Waals surface area contributed by atoms with Gasteiger partial charge in [0.25, 0.3) is 0 Å². The van der Waals surface area contributed by atoms with Crippen LogP contribution in [0, 0.1) is 20.2 Å². The smallest absolute Gasteiger partial charge is 0.385 e. The van der Waals surface area contributed by atoms with Gasteiger partial charge < -0.3 is 4.74 Å².